The third kappa shape index (κ3) is 6.56. The van der Waals surface area contributed by atoms with E-state index in [4.69, 9.17) is 27.4 Å². The van der Waals surface area contributed by atoms with Gasteiger partial charge in [0.05, 0.1) is 0 Å². The molecule has 0 radical (unpaired) electrons. The van der Waals surface area contributed by atoms with Crippen LogP contribution in [0, 0.1) is 11.3 Å². The molecule has 2 aliphatic carbocycles. The summed E-state index contributed by atoms with van der Waals surface area (Å²) < 4.78 is 11.3. The zero-order chi connectivity index (χ0) is 35.1. The molecule has 5 heteroatoms. The van der Waals surface area contributed by atoms with Crippen LogP contribution in [0.5, 0.6) is 0 Å². The molecule has 0 saturated carbocycles. The van der Waals surface area contributed by atoms with Crippen molar-refractivity contribution in [1.29, 1.82) is 0 Å². The normalized spacial score (nSPS) is 16.1. The molecule has 4 aromatic rings. The van der Waals surface area contributed by atoms with Crippen LogP contribution in [-0.4, -0.2) is 4.21 Å². The summed E-state index contributed by atoms with van der Waals surface area (Å²) >= 11 is 8.79. The Morgan fingerprint density at radius 1 is 0.700 bits per heavy atom. The van der Waals surface area contributed by atoms with Crippen LogP contribution in [0.3, 0.4) is 0 Å². The Kier molecular flexibility index (Phi) is 11.4. The monoisotopic (exact) mass is 824 g/mol. The first-order valence-corrected chi connectivity index (χ1v) is 25.0. The first kappa shape index (κ1) is 41.0. The average molecular weight is 828 g/mol. The Morgan fingerprint density at radius 2 is 1.26 bits per heavy atom. The van der Waals surface area contributed by atoms with Crippen molar-refractivity contribution >= 4 is 62.0 Å². The third-order valence-corrected chi connectivity index (χ3v) is 28.0. The molecule has 0 bridgehead atoms. The van der Waals surface area contributed by atoms with Gasteiger partial charge in [-0.1, -0.05) is 0 Å². The van der Waals surface area contributed by atoms with Crippen molar-refractivity contribution in [3.8, 4) is 11.1 Å². The fraction of sp³-hybridized carbons (Fsp3) is 0.356. The molecule has 0 spiro atoms. The van der Waals surface area contributed by atoms with E-state index in [1.807, 2.05) is 12.1 Å². The summed E-state index contributed by atoms with van der Waals surface area (Å²) in [5, 5.41) is 1.49. The molecule has 0 N–H and O–H groups in total. The van der Waals surface area contributed by atoms with Gasteiger partial charge in [-0.15, -0.1) is 24.8 Å². The van der Waals surface area contributed by atoms with E-state index in [1.54, 1.807) is 0 Å². The molecule has 2 aliphatic rings. The first-order valence-electron chi connectivity index (χ1n) is 17.6. The summed E-state index contributed by atoms with van der Waals surface area (Å²) in [6.45, 7) is 23.4. The molecule has 0 heterocycles. The molecule has 0 fully saturated rings. The molecule has 0 aromatic heterocycles. The zero-order valence-electron chi connectivity index (χ0n) is 31.4. The predicted molar refractivity (Wildman–Crippen MR) is 225 cm³/mol. The van der Waals surface area contributed by atoms with E-state index in [9.17, 15) is 0 Å². The fourth-order valence-corrected chi connectivity index (χ4v) is 27.3. The summed E-state index contributed by atoms with van der Waals surface area (Å²) in [5.41, 5.74) is 9.61. The molecule has 6 rings (SSSR count). The minimum absolute atomic E-state index is 0. The van der Waals surface area contributed by atoms with Crippen molar-refractivity contribution in [2.24, 2.45) is 11.3 Å². The topological polar surface area (TPSA) is 0 Å². The molecule has 0 nitrogen and oxygen atoms in total. The molecular formula is C45H54Cl4Zr. The number of hydrogen-bond donors (Lipinski definition) is 0. The van der Waals surface area contributed by atoms with Gasteiger partial charge in [-0.25, -0.2) is 0 Å². The van der Waals surface area contributed by atoms with E-state index in [-0.39, 0.29) is 47.0 Å². The summed E-state index contributed by atoms with van der Waals surface area (Å²) in [6.07, 6.45) is 7.01. The Balaban J connectivity index is 0.00000281. The van der Waals surface area contributed by atoms with Crippen molar-refractivity contribution in [3.05, 3.63) is 132 Å². The minimum atomic E-state index is -5.26. The maximum absolute atomic E-state index is 7.02. The van der Waals surface area contributed by atoms with Crippen molar-refractivity contribution in [3.63, 3.8) is 0 Å². The van der Waals surface area contributed by atoms with Crippen LogP contribution < -0.4 is 9.81 Å². The van der Waals surface area contributed by atoms with Crippen molar-refractivity contribution in [1.82, 2.24) is 0 Å². The number of halogens is 4. The van der Waals surface area contributed by atoms with Gasteiger partial charge in [0.15, 0.2) is 0 Å². The van der Waals surface area contributed by atoms with Gasteiger partial charge in [-0.3, -0.25) is 0 Å². The van der Waals surface area contributed by atoms with Gasteiger partial charge in [0.25, 0.3) is 0 Å². The van der Waals surface area contributed by atoms with Crippen LogP contribution in [0.2, 0.25) is 10.0 Å². The summed E-state index contributed by atoms with van der Waals surface area (Å²) in [5.74, 6) is 0.250. The van der Waals surface area contributed by atoms with E-state index in [2.05, 4.69) is 148 Å². The van der Waals surface area contributed by atoms with Gasteiger partial charge < -0.3 is 0 Å². The van der Waals surface area contributed by atoms with Gasteiger partial charge in [-0.2, -0.15) is 0 Å². The number of benzene rings is 4. The fourth-order valence-electron chi connectivity index (χ4n) is 8.60. The second-order valence-electron chi connectivity index (χ2n) is 17.5. The number of fused-ring (bicyclic) bond motifs is 3. The van der Waals surface area contributed by atoms with Gasteiger partial charge in [-0.05, 0) is 0 Å². The van der Waals surface area contributed by atoms with Crippen LogP contribution in [0.1, 0.15) is 97.9 Å². The summed E-state index contributed by atoms with van der Waals surface area (Å²) in [7, 11) is 0. The molecular weight excluding hydrogens is 774 g/mol. The second kappa shape index (κ2) is 13.9. The number of rotatable bonds is 5. The van der Waals surface area contributed by atoms with Crippen LogP contribution in [-0.2, 0) is 35.5 Å². The Labute approximate surface area is 325 Å². The van der Waals surface area contributed by atoms with Crippen molar-refractivity contribution < 1.29 is 18.3 Å². The van der Waals surface area contributed by atoms with Gasteiger partial charge in [0.2, 0.25) is 0 Å². The molecule has 1 atom stereocenters. The molecule has 0 saturated heterocycles. The first-order chi connectivity index (χ1) is 22.3. The summed E-state index contributed by atoms with van der Waals surface area (Å²) in [4.78, 5) is 0. The Bertz CT molecular complexity index is 2030. The van der Waals surface area contributed by atoms with Crippen LogP contribution >= 0.6 is 48.0 Å². The quantitative estimate of drug-likeness (QED) is 0.166. The zero-order valence-corrected chi connectivity index (χ0v) is 37.0. The number of hydrogen-bond acceptors (Lipinski definition) is 0. The van der Waals surface area contributed by atoms with Crippen LogP contribution in [0.15, 0.2) is 99.9 Å². The molecule has 266 valence electrons. The second-order valence-corrected chi connectivity index (χ2v) is 31.0. The molecule has 1 unspecified atom stereocenters. The molecule has 0 aliphatic heterocycles. The third-order valence-electron chi connectivity index (χ3n) is 11.3. The standard InChI is InChI=1S/C21H25.C11H17.2C6H4Cl.CH2.2ClH.Zr/c1-20(2,3)16-7-9-18-14(12-16)11-15-13-17(21(4,5)6)8-10-19(15)18;1-5-9-6-7-10(8-9)11(2,3)4;2*7-6-4-2-1-3-5-6;;;;/h7-10,12H,11H2,1-6H3;7-9H,5H2,1-4H3;2*1-2,4-5H;1H2;2*1H;. The Morgan fingerprint density at radius 3 is 1.74 bits per heavy atom. The molecule has 50 heavy (non-hydrogen) atoms. The van der Waals surface area contributed by atoms with E-state index < -0.39 is 18.3 Å². The Hall–Kier alpha value is -1.73. The van der Waals surface area contributed by atoms with Gasteiger partial charge in [0, 0.05) is 0 Å². The maximum atomic E-state index is 7.02. The van der Waals surface area contributed by atoms with E-state index in [1.165, 1.54) is 52.0 Å². The van der Waals surface area contributed by atoms with E-state index in [0.717, 1.165) is 22.9 Å². The molecule has 0 amide bonds. The van der Waals surface area contributed by atoms with Crippen LogP contribution in [0.4, 0.5) is 0 Å². The SMILES string of the molecule is Cl.Cl.[CH2]=[Zr]([C]1=CC(C(C)(C)C)=CC1CC)([c]1cccc(Cl)c1)([c]1cccc(Cl)c1)[c]1c(C(C)(C)C)ccc2c1Cc1cc(C(C)(C)C)ccc1-2. The summed E-state index contributed by atoms with van der Waals surface area (Å²) in [6, 6.07) is 29.4. The molecule has 4 aromatic carbocycles. The van der Waals surface area contributed by atoms with Crippen molar-refractivity contribution in [2.45, 2.75) is 92.9 Å². The van der Waals surface area contributed by atoms with Crippen molar-refractivity contribution in [2.75, 3.05) is 0 Å². The van der Waals surface area contributed by atoms with Gasteiger partial charge in [0.1, 0.15) is 0 Å². The van der Waals surface area contributed by atoms with Gasteiger partial charge >= 0.3 is 303 Å². The van der Waals surface area contributed by atoms with E-state index in [0.29, 0.717) is 0 Å². The predicted octanol–water partition coefficient (Wildman–Crippen LogP) is 12.3. The van der Waals surface area contributed by atoms with E-state index >= 15 is 0 Å². The average Bonchev–Trinajstić information content (AvgIpc) is 3.62. The number of allylic oxidation sites excluding steroid dienone is 4. The van der Waals surface area contributed by atoms with Crippen LogP contribution in [0.25, 0.3) is 11.1 Å².